The summed E-state index contributed by atoms with van der Waals surface area (Å²) >= 11 is 0. The zero-order valence-electron chi connectivity index (χ0n) is 13.8. The molecule has 0 unspecified atom stereocenters. The quantitative estimate of drug-likeness (QED) is 0.749. The highest BCUT2D eigenvalue weighted by atomic mass is 16.7. The molecule has 0 bridgehead atoms. The van der Waals surface area contributed by atoms with E-state index in [-0.39, 0.29) is 17.7 Å². The Kier molecular flexibility index (Phi) is 7.60. The highest BCUT2D eigenvalue weighted by Gasteiger charge is 2.25. The third-order valence-corrected chi connectivity index (χ3v) is 3.30. The minimum absolute atomic E-state index is 0.0143. The molecule has 2 amide bonds. The maximum absolute atomic E-state index is 11.9. The smallest absolute Gasteiger partial charge is 0.254 e. The molecule has 1 N–H and O–H groups in total. The number of rotatable bonds is 8. The average Bonchev–Trinajstić information content (AvgIpc) is 2.47. The standard InChI is InChI=1S/C17H26N2O3/c1-13(2)16(17(21)19(3)4)22-18-15(20)12-8-11-14-9-6-5-7-10-14/h5-7,9-10,13,16H,8,11-12H2,1-4H3,(H,18,20)/t16-/m1/s1. The third-order valence-electron chi connectivity index (χ3n) is 3.30. The summed E-state index contributed by atoms with van der Waals surface area (Å²) in [5.74, 6) is -0.368. The summed E-state index contributed by atoms with van der Waals surface area (Å²) in [4.78, 5) is 30.5. The fourth-order valence-corrected chi connectivity index (χ4v) is 2.00. The lowest BCUT2D eigenvalue weighted by Crippen LogP contribution is -2.43. The van der Waals surface area contributed by atoms with E-state index in [1.165, 1.54) is 10.5 Å². The Morgan fingerprint density at radius 2 is 1.82 bits per heavy atom. The fourth-order valence-electron chi connectivity index (χ4n) is 2.00. The van der Waals surface area contributed by atoms with E-state index in [0.29, 0.717) is 6.42 Å². The van der Waals surface area contributed by atoms with Gasteiger partial charge in [0.2, 0.25) is 5.91 Å². The molecule has 1 aromatic carbocycles. The van der Waals surface area contributed by atoms with E-state index in [1.807, 2.05) is 44.2 Å². The minimum atomic E-state index is -0.659. The van der Waals surface area contributed by atoms with Crippen LogP contribution in [0.5, 0.6) is 0 Å². The summed E-state index contributed by atoms with van der Waals surface area (Å²) < 4.78 is 0. The van der Waals surface area contributed by atoms with Crippen molar-refractivity contribution in [1.29, 1.82) is 0 Å². The first-order valence-electron chi connectivity index (χ1n) is 7.61. The number of carbonyl (C=O) groups excluding carboxylic acids is 2. The zero-order valence-corrected chi connectivity index (χ0v) is 13.8. The Hall–Kier alpha value is -1.88. The van der Waals surface area contributed by atoms with Crippen molar-refractivity contribution in [3.63, 3.8) is 0 Å². The number of benzene rings is 1. The van der Waals surface area contributed by atoms with Crippen LogP contribution in [-0.2, 0) is 20.8 Å². The van der Waals surface area contributed by atoms with Crippen molar-refractivity contribution in [2.24, 2.45) is 5.92 Å². The largest absolute Gasteiger partial charge is 0.346 e. The normalized spacial score (nSPS) is 12.0. The molecule has 0 aromatic heterocycles. The van der Waals surface area contributed by atoms with Crippen LogP contribution in [-0.4, -0.2) is 36.9 Å². The number of hydroxylamine groups is 1. The second-order valence-electron chi connectivity index (χ2n) is 5.88. The summed E-state index contributed by atoms with van der Waals surface area (Å²) in [6, 6.07) is 10.0. The summed E-state index contributed by atoms with van der Waals surface area (Å²) in [6.45, 7) is 3.77. The van der Waals surface area contributed by atoms with E-state index in [0.717, 1.165) is 12.8 Å². The van der Waals surface area contributed by atoms with Gasteiger partial charge in [0.25, 0.3) is 5.91 Å². The van der Waals surface area contributed by atoms with E-state index < -0.39 is 6.10 Å². The molecule has 1 aromatic rings. The molecule has 5 nitrogen and oxygen atoms in total. The van der Waals surface area contributed by atoms with Gasteiger partial charge in [-0.25, -0.2) is 5.48 Å². The lowest BCUT2D eigenvalue weighted by molar-refractivity contribution is -0.157. The summed E-state index contributed by atoms with van der Waals surface area (Å²) in [7, 11) is 3.34. The topological polar surface area (TPSA) is 58.6 Å². The number of hydrogen-bond acceptors (Lipinski definition) is 3. The van der Waals surface area contributed by atoms with Crippen LogP contribution in [0.25, 0.3) is 0 Å². The molecule has 0 spiro atoms. The number of nitrogens with one attached hydrogen (secondary N) is 1. The molecule has 5 heteroatoms. The Labute approximate surface area is 132 Å². The molecule has 0 aliphatic rings. The van der Waals surface area contributed by atoms with Crippen LogP contribution < -0.4 is 5.48 Å². The molecule has 0 heterocycles. The minimum Gasteiger partial charge on any atom is -0.346 e. The lowest BCUT2D eigenvalue weighted by atomic mass is 10.1. The molecule has 22 heavy (non-hydrogen) atoms. The van der Waals surface area contributed by atoms with Gasteiger partial charge in [0.1, 0.15) is 0 Å². The number of amides is 2. The molecule has 0 fully saturated rings. The predicted octanol–water partition coefficient (Wildman–Crippen LogP) is 2.17. The molecule has 0 aliphatic heterocycles. The van der Waals surface area contributed by atoms with Gasteiger partial charge in [0, 0.05) is 20.5 Å². The fraction of sp³-hybridized carbons (Fsp3) is 0.529. The Bertz CT molecular complexity index is 472. The highest BCUT2D eigenvalue weighted by molar-refractivity contribution is 5.81. The van der Waals surface area contributed by atoms with Gasteiger partial charge in [-0.15, -0.1) is 0 Å². The van der Waals surface area contributed by atoms with Gasteiger partial charge in [0.05, 0.1) is 0 Å². The maximum atomic E-state index is 11.9. The third kappa shape index (κ3) is 6.26. The first kappa shape index (κ1) is 18.2. The van der Waals surface area contributed by atoms with Crippen molar-refractivity contribution in [2.45, 2.75) is 39.2 Å². The van der Waals surface area contributed by atoms with Crippen LogP contribution in [0, 0.1) is 5.92 Å². The summed E-state index contributed by atoms with van der Waals surface area (Å²) in [5.41, 5.74) is 3.61. The van der Waals surface area contributed by atoms with E-state index in [2.05, 4.69) is 5.48 Å². The van der Waals surface area contributed by atoms with Crippen LogP contribution in [0.3, 0.4) is 0 Å². The van der Waals surface area contributed by atoms with Crippen LogP contribution in [0.2, 0.25) is 0 Å². The Balaban J connectivity index is 2.33. The van der Waals surface area contributed by atoms with Gasteiger partial charge in [0.15, 0.2) is 6.10 Å². The average molecular weight is 306 g/mol. The van der Waals surface area contributed by atoms with E-state index in [1.54, 1.807) is 14.1 Å². The molecule has 0 radical (unpaired) electrons. The first-order valence-corrected chi connectivity index (χ1v) is 7.61. The number of aryl methyl sites for hydroxylation is 1. The molecule has 1 rings (SSSR count). The van der Waals surface area contributed by atoms with Crippen molar-refractivity contribution < 1.29 is 14.4 Å². The van der Waals surface area contributed by atoms with Gasteiger partial charge < -0.3 is 4.90 Å². The Morgan fingerprint density at radius 1 is 1.18 bits per heavy atom. The predicted molar refractivity (Wildman–Crippen MR) is 85.9 cm³/mol. The molecule has 122 valence electrons. The molecular formula is C17H26N2O3. The van der Waals surface area contributed by atoms with Gasteiger partial charge in [-0.1, -0.05) is 44.2 Å². The second-order valence-corrected chi connectivity index (χ2v) is 5.88. The van der Waals surface area contributed by atoms with Crippen molar-refractivity contribution in [3.05, 3.63) is 35.9 Å². The first-order chi connectivity index (χ1) is 10.4. The molecule has 0 saturated heterocycles. The zero-order chi connectivity index (χ0) is 16.5. The van der Waals surface area contributed by atoms with Crippen LogP contribution >= 0.6 is 0 Å². The van der Waals surface area contributed by atoms with Crippen molar-refractivity contribution in [3.8, 4) is 0 Å². The van der Waals surface area contributed by atoms with E-state index >= 15 is 0 Å². The number of carbonyl (C=O) groups is 2. The number of nitrogens with zero attached hydrogens (tertiary/aromatic N) is 1. The molecule has 0 aliphatic carbocycles. The van der Waals surface area contributed by atoms with E-state index in [4.69, 9.17) is 4.84 Å². The van der Waals surface area contributed by atoms with Gasteiger partial charge in [-0.05, 0) is 24.3 Å². The van der Waals surface area contributed by atoms with Crippen molar-refractivity contribution in [2.75, 3.05) is 14.1 Å². The molecule has 1 atom stereocenters. The highest BCUT2D eigenvalue weighted by Crippen LogP contribution is 2.08. The number of likely N-dealkylation sites (N-methyl/N-ethyl adjacent to an activating group) is 1. The lowest BCUT2D eigenvalue weighted by Gasteiger charge is -2.23. The summed E-state index contributed by atoms with van der Waals surface area (Å²) in [6.07, 6.45) is 1.30. The van der Waals surface area contributed by atoms with Gasteiger partial charge in [-0.2, -0.15) is 0 Å². The SMILES string of the molecule is CC(C)[C@@H](ONC(=O)CCCc1ccccc1)C(=O)N(C)C. The summed E-state index contributed by atoms with van der Waals surface area (Å²) in [5, 5.41) is 0. The molecular weight excluding hydrogens is 280 g/mol. The van der Waals surface area contributed by atoms with Crippen molar-refractivity contribution in [1.82, 2.24) is 10.4 Å². The van der Waals surface area contributed by atoms with E-state index in [9.17, 15) is 9.59 Å². The van der Waals surface area contributed by atoms with Gasteiger partial charge >= 0.3 is 0 Å². The van der Waals surface area contributed by atoms with Crippen molar-refractivity contribution >= 4 is 11.8 Å². The van der Waals surface area contributed by atoms with Crippen LogP contribution in [0.15, 0.2) is 30.3 Å². The van der Waals surface area contributed by atoms with Gasteiger partial charge in [-0.3, -0.25) is 14.4 Å². The number of hydrogen-bond donors (Lipinski definition) is 1. The molecule has 0 saturated carbocycles. The Morgan fingerprint density at radius 3 is 2.36 bits per heavy atom. The van der Waals surface area contributed by atoms with Crippen LogP contribution in [0.4, 0.5) is 0 Å². The second kappa shape index (κ2) is 9.20. The monoisotopic (exact) mass is 306 g/mol. The van der Waals surface area contributed by atoms with Crippen LogP contribution in [0.1, 0.15) is 32.3 Å². The maximum Gasteiger partial charge on any atom is 0.254 e.